The number of aromatic nitrogens is 3. The normalized spacial score (nSPS) is 11.0. The third kappa shape index (κ3) is 2.95. The lowest BCUT2D eigenvalue weighted by molar-refractivity contribution is 0.295. The second-order valence-electron chi connectivity index (χ2n) is 4.52. The Morgan fingerprint density at radius 2 is 2.00 bits per heavy atom. The molecule has 0 radical (unpaired) electrons. The standard InChI is InChI=1S/C14H11Cl2N3OS/c1-7-8(2)21-14-12(7)13(16)18-11(19-14)6-20-10-3-9(15)4-17-5-10/h3-5H,6H2,1-2H3. The lowest BCUT2D eigenvalue weighted by Gasteiger charge is -2.05. The van der Waals surface area contributed by atoms with E-state index >= 15 is 0 Å². The van der Waals surface area contributed by atoms with Gasteiger partial charge in [-0.05, 0) is 19.4 Å². The number of halogens is 2. The maximum absolute atomic E-state index is 6.25. The molecule has 0 saturated carbocycles. The largest absolute Gasteiger partial charge is 0.484 e. The van der Waals surface area contributed by atoms with Crippen LogP contribution in [0.1, 0.15) is 16.3 Å². The molecule has 0 saturated heterocycles. The van der Waals surface area contributed by atoms with Crippen molar-refractivity contribution in [2.75, 3.05) is 0 Å². The average molecular weight is 340 g/mol. The molecule has 4 nitrogen and oxygen atoms in total. The molecule has 0 fully saturated rings. The van der Waals surface area contributed by atoms with Crippen molar-refractivity contribution in [3.8, 4) is 5.75 Å². The van der Waals surface area contributed by atoms with E-state index in [0.717, 1.165) is 15.8 Å². The fraction of sp³-hybridized carbons (Fsp3) is 0.214. The third-order valence-corrected chi connectivity index (χ3v) is 4.66. The average Bonchev–Trinajstić information content (AvgIpc) is 2.72. The number of thiophene rings is 1. The summed E-state index contributed by atoms with van der Waals surface area (Å²) in [4.78, 5) is 14.8. The van der Waals surface area contributed by atoms with E-state index in [1.165, 1.54) is 4.88 Å². The minimum Gasteiger partial charge on any atom is -0.484 e. The van der Waals surface area contributed by atoms with Gasteiger partial charge in [-0.2, -0.15) is 0 Å². The van der Waals surface area contributed by atoms with Gasteiger partial charge < -0.3 is 4.74 Å². The Morgan fingerprint density at radius 3 is 2.76 bits per heavy atom. The number of aryl methyl sites for hydroxylation is 2. The zero-order valence-corrected chi connectivity index (χ0v) is 13.7. The van der Waals surface area contributed by atoms with E-state index in [9.17, 15) is 0 Å². The van der Waals surface area contributed by atoms with Gasteiger partial charge in [0.2, 0.25) is 0 Å². The number of nitrogens with zero attached hydrogens (tertiary/aromatic N) is 3. The lowest BCUT2D eigenvalue weighted by Crippen LogP contribution is -2.02. The van der Waals surface area contributed by atoms with Crippen LogP contribution >= 0.6 is 34.5 Å². The molecule has 0 amide bonds. The minimum absolute atomic E-state index is 0.216. The summed E-state index contributed by atoms with van der Waals surface area (Å²) in [5.41, 5.74) is 1.13. The molecule has 108 valence electrons. The summed E-state index contributed by atoms with van der Waals surface area (Å²) in [6.07, 6.45) is 3.14. The zero-order chi connectivity index (χ0) is 15.0. The van der Waals surface area contributed by atoms with Crippen molar-refractivity contribution in [2.24, 2.45) is 0 Å². The summed E-state index contributed by atoms with van der Waals surface area (Å²) < 4.78 is 5.59. The van der Waals surface area contributed by atoms with E-state index in [-0.39, 0.29) is 6.61 Å². The zero-order valence-electron chi connectivity index (χ0n) is 11.4. The number of ether oxygens (including phenoxy) is 1. The van der Waals surface area contributed by atoms with Crippen molar-refractivity contribution in [1.29, 1.82) is 0 Å². The Labute approximate surface area is 135 Å². The molecule has 3 rings (SSSR count). The molecule has 0 unspecified atom stereocenters. The van der Waals surface area contributed by atoms with E-state index < -0.39 is 0 Å². The maximum Gasteiger partial charge on any atom is 0.169 e. The highest BCUT2D eigenvalue weighted by atomic mass is 35.5. The predicted molar refractivity (Wildman–Crippen MR) is 85.5 cm³/mol. The van der Waals surface area contributed by atoms with Gasteiger partial charge in [0, 0.05) is 17.1 Å². The van der Waals surface area contributed by atoms with Gasteiger partial charge >= 0.3 is 0 Å². The van der Waals surface area contributed by atoms with Gasteiger partial charge in [-0.3, -0.25) is 4.98 Å². The second-order valence-corrected chi connectivity index (χ2v) is 6.52. The van der Waals surface area contributed by atoms with Gasteiger partial charge in [0.25, 0.3) is 0 Å². The Morgan fingerprint density at radius 1 is 1.19 bits per heavy atom. The van der Waals surface area contributed by atoms with Gasteiger partial charge in [0.1, 0.15) is 22.3 Å². The first-order chi connectivity index (χ1) is 10.0. The van der Waals surface area contributed by atoms with E-state index in [1.807, 2.05) is 13.8 Å². The van der Waals surface area contributed by atoms with E-state index in [1.54, 1.807) is 29.8 Å². The highest BCUT2D eigenvalue weighted by Crippen LogP contribution is 2.33. The van der Waals surface area contributed by atoms with Crippen LogP contribution in [0.2, 0.25) is 10.2 Å². The summed E-state index contributed by atoms with van der Waals surface area (Å²) in [5, 5.41) is 1.91. The predicted octanol–water partition coefficient (Wildman–Crippen LogP) is 4.59. The smallest absolute Gasteiger partial charge is 0.169 e. The van der Waals surface area contributed by atoms with E-state index in [0.29, 0.717) is 21.7 Å². The van der Waals surface area contributed by atoms with E-state index in [2.05, 4.69) is 15.0 Å². The van der Waals surface area contributed by atoms with Gasteiger partial charge in [-0.25, -0.2) is 9.97 Å². The minimum atomic E-state index is 0.216. The summed E-state index contributed by atoms with van der Waals surface area (Å²) in [7, 11) is 0. The molecule has 0 aromatic carbocycles. The molecule has 0 aliphatic rings. The SMILES string of the molecule is Cc1sc2nc(COc3cncc(Cl)c3)nc(Cl)c2c1C. The molecule has 7 heteroatoms. The van der Waals surface area contributed by atoms with Gasteiger partial charge in [-0.1, -0.05) is 23.2 Å². The van der Waals surface area contributed by atoms with Crippen LogP contribution in [0.3, 0.4) is 0 Å². The first-order valence-electron chi connectivity index (χ1n) is 6.20. The van der Waals surface area contributed by atoms with Crippen LogP contribution in [0.25, 0.3) is 10.2 Å². The Bertz CT molecular complexity index is 819. The summed E-state index contributed by atoms with van der Waals surface area (Å²) in [5.74, 6) is 1.11. The van der Waals surface area contributed by atoms with Crippen LogP contribution in [0.5, 0.6) is 5.75 Å². The Kier molecular flexibility index (Phi) is 3.97. The topological polar surface area (TPSA) is 47.9 Å². The number of pyridine rings is 1. The molecule has 0 aliphatic heterocycles. The number of rotatable bonds is 3. The molecule has 21 heavy (non-hydrogen) atoms. The first kappa shape index (κ1) is 14.5. The maximum atomic E-state index is 6.25. The third-order valence-electron chi connectivity index (χ3n) is 3.08. The Balaban J connectivity index is 1.88. The highest BCUT2D eigenvalue weighted by Gasteiger charge is 2.13. The molecule has 3 aromatic rings. The molecule has 3 aromatic heterocycles. The quantitative estimate of drug-likeness (QED) is 0.655. The van der Waals surface area contributed by atoms with Gasteiger partial charge in [-0.15, -0.1) is 11.3 Å². The van der Waals surface area contributed by atoms with Gasteiger partial charge in [0.05, 0.1) is 16.6 Å². The molecular weight excluding hydrogens is 329 g/mol. The van der Waals surface area contributed by atoms with E-state index in [4.69, 9.17) is 27.9 Å². The van der Waals surface area contributed by atoms with Crippen LogP contribution in [0.15, 0.2) is 18.5 Å². The van der Waals surface area contributed by atoms with Gasteiger partial charge in [0.15, 0.2) is 5.82 Å². The number of hydrogen-bond donors (Lipinski definition) is 0. The summed E-state index contributed by atoms with van der Waals surface area (Å²) in [6.45, 7) is 4.29. The number of fused-ring (bicyclic) bond motifs is 1. The number of hydrogen-bond acceptors (Lipinski definition) is 5. The van der Waals surface area contributed by atoms with Crippen molar-refractivity contribution in [2.45, 2.75) is 20.5 Å². The van der Waals surface area contributed by atoms with Crippen LogP contribution in [0.4, 0.5) is 0 Å². The molecule has 0 aliphatic carbocycles. The second kappa shape index (κ2) is 5.75. The highest BCUT2D eigenvalue weighted by molar-refractivity contribution is 7.18. The summed E-state index contributed by atoms with van der Waals surface area (Å²) in [6, 6.07) is 1.69. The molecule has 0 bridgehead atoms. The van der Waals surface area contributed by atoms with Crippen molar-refractivity contribution in [3.63, 3.8) is 0 Å². The van der Waals surface area contributed by atoms with Crippen LogP contribution in [0, 0.1) is 13.8 Å². The van der Waals surface area contributed by atoms with Crippen LogP contribution < -0.4 is 4.74 Å². The lowest BCUT2D eigenvalue weighted by atomic mass is 10.2. The molecule has 0 spiro atoms. The fourth-order valence-electron chi connectivity index (χ4n) is 1.93. The fourth-order valence-corrected chi connectivity index (χ4v) is 3.52. The van der Waals surface area contributed by atoms with Crippen molar-refractivity contribution in [1.82, 2.24) is 15.0 Å². The molecule has 0 atom stereocenters. The monoisotopic (exact) mass is 339 g/mol. The van der Waals surface area contributed by atoms with Crippen molar-refractivity contribution < 1.29 is 4.74 Å². The molecule has 3 heterocycles. The molecule has 0 N–H and O–H groups in total. The van der Waals surface area contributed by atoms with Crippen LogP contribution in [-0.4, -0.2) is 15.0 Å². The van der Waals surface area contributed by atoms with Crippen molar-refractivity contribution in [3.05, 3.63) is 44.9 Å². The summed E-state index contributed by atoms with van der Waals surface area (Å²) >= 11 is 13.7. The Hall–Kier alpha value is -1.43. The first-order valence-corrected chi connectivity index (χ1v) is 7.77. The molecular formula is C14H11Cl2N3OS. The van der Waals surface area contributed by atoms with Crippen molar-refractivity contribution >= 4 is 44.8 Å². The van der Waals surface area contributed by atoms with Crippen LogP contribution in [-0.2, 0) is 6.61 Å².